The van der Waals surface area contributed by atoms with Crippen LogP contribution in [0.1, 0.15) is 30.1 Å². The number of urea groups is 1. The largest absolute Gasteiger partial charge is 0.481 e. The number of hydrogen-bond donors (Lipinski definition) is 4. The molecule has 0 saturated carbocycles. The van der Waals surface area contributed by atoms with Crippen molar-refractivity contribution in [2.45, 2.75) is 31.4 Å². The highest BCUT2D eigenvalue weighted by atomic mass is 16.4. The van der Waals surface area contributed by atoms with E-state index in [0.717, 1.165) is 5.56 Å². The van der Waals surface area contributed by atoms with E-state index in [1.807, 2.05) is 30.3 Å². The van der Waals surface area contributed by atoms with Crippen LogP contribution >= 0.6 is 0 Å². The second-order valence-corrected chi connectivity index (χ2v) is 6.14. The first-order valence-electron chi connectivity index (χ1n) is 8.40. The topological polar surface area (TPSA) is 116 Å². The number of nitrogens with zero attached hydrogens (tertiary/aromatic N) is 2. The van der Waals surface area contributed by atoms with Crippen LogP contribution in [0.5, 0.6) is 0 Å². The lowest BCUT2D eigenvalue weighted by molar-refractivity contribution is -0.137. The number of benzene rings is 1. The highest BCUT2D eigenvalue weighted by Crippen LogP contribution is 2.10. The summed E-state index contributed by atoms with van der Waals surface area (Å²) in [5, 5.41) is 28.3. The average molecular weight is 360 g/mol. The Hall–Kier alpha value is -2.87. The van der Waals surface area contributed by atoms with Crippen LogP contribution in [0.25, 0.3) is 0 Å². The third-order valence-electron chi connectivity index (χ3n) is 3.93. The molecule has 1 aromatic heterocycles. The van der Waals surface area contributed by atoms with Crippen LogP contribution in [0, 0.1) is 0 Å². The fourth-order valence-corrected chi connectivity index (χ4v) is 2.58. The molecule has 2 atom stereocenters. The second kappa shape index (κ2) is 9.57. The van der Waals surface area contributed by atoms with Crippen molar-refractivity contribution in [2.75, 3.05) is 6.54 Å². The number of aromatic nitrogens is 2. The smallest absolute Gasteiger partial charge is 0.315 e. The summed E-state index contributed by atoms with van der Waals surface area (Å²) in [5.41, 5.74) is 1.62. The molecule has 0 spiro atoms. The quantitative estimate of drug-likeness (QED) is 0.537. The molecule has 8 heteroatoms. The maximum atomic E-state index is 12.1. The third-order valence-corrected chi connectivity index (χ3v) is 3.93. The Morgan fingerprint density at radius 3 is 2.62 bits per heavy atom. The predicted molar refractivity (Wildman–Crippen MR) is 95.5 cm³/mol. The van der Waals surface area contributed by atoms with Gasteiger partial charge in [0, 0.05) is 37.8 Å². The van der Waals surface area contributed by atoms with E-state index in [1.165, 1.54) is 6.20 Å². The second-order valence-electron chi connectivity index (χ2n) is 6.14. The Morgan fingerprint density at radius 2 is 2.00 bits per heavy atom. The van der Waals surface area contributed by atoms with Crippen LogP contribution in [0.15, 0.2) is 42.7 Å². The van der Waals surface area contributed by atoms with E-state index in [0.29, 0.717) is 18.4 Å². The number of aryl methyl sites for hydroxylation is 1. The lowest BCUT2D eigenvalue weighted by atomic mass is 10.0. The molecule has 0 bridgehead atoms. The van der Waals surface area contributed by atoms with Gasteiger partial charge in [-0.05, 0) is 18.4 Å². The predicted octanol–water partition coefficient (Wildman–Crippen LogP) is 1.23. The van der Waals surface area contributed by atoms with Gasteiger partial charge < -0.3 is 20.8 Å². The fourth-order valence-electron chi connectivity index (χ4n) is 2.58. The molecule has 0 radical (unpaired) electrons. The molecule has 2 amide bonds. The highest BCUT2D eigenvalue weighted by Gasteiger charge is 2.16. The first-order chi connectivity index (χ1) is 12.4. The van der Waals surface area contributed by atoms with Crippen molar-refractivity contribution in [3.63, 3.8) is 0 Å². The molecule has 1 heterocycles. The van der Waals surface area contributed by atoms with E-state index in [4.69, 9.17) is 5.11 Å². The van der Waals surface area contributed by atoms with Crippen molar-refractivity contribution in [1.29, 1.82) is 0 Å². The minimum Gasteiger partial charge on any atom is -0.481 e. The molecule has 0 aliphatic carbocycles. The maximum Gasteiger partial charge on any atom is 0.315 e. The summed E-state index contributed by atoms with van der Waals surface area (Å²) in [6, 6.07) is 8.79. The van der Waals surface area contributed by atoms with Crippen molar-refractivity contribution < 1.29 is 19.8 Å². The molecule has 0 aliphatic rings. The minimum atomic E-state index is -0.905. The Labute approximate surface area is 151 Å². The van der Waals surface area contributed by atoms with Crippen molar-refractivity contribution >= 4 is 12.0 Å². The van der Waals surface area contributed by atoms with E-state index in [-0.39, 0.29) is 19.0 Å². The lowest BCUT2D eigenvalue weighted by Crippen LogP contribution is -2.44. The Kier molecular flexibility index (Phi) is 7.16. The van der Waals surface area contributed by atoms with Crippen molar-refractivity contribution in [3.8, 4) is 0 Å². The molecular formula is C18H24N4O4. The number of nitrogens with one attached hydrogen (secondary N) is 2. The summed E-state index contributed by atoms with van der Waals surface area (Å²) in [7, 11) is 1.74. The number of aliphatic carboxylic acids is 1. The molecule has 8 nitrogen and oxygen atoms in total. The van der Waals surface area contributed by atoms with Gasteiger partial charge in [0.2, 0.25) is 0 Å². The van der Waals surface area contributed by atoms with Gasteiger partial charge in [-0.25, -0.2) is 4.79 Å². The zero-order valence-corrected chi connectivity index (χ0v) is 14.6. The maximum absolute atomic E-state index is 12.1. The van der Waals surface area contributed by atoms with Gasteiger partial charge in [-0.15, -0.1) is 0 Å². The average Bonchev–Trinajstić information content (AvgIpc) is 3.05. The SMILES string of the molecule is Cn1cc(C(O)CNC(=O)NC(CCC(=O)O)Cc2ccccc2)cn1. The fraction of sp³-hybridized carbons (Fsp3) is 0.389. The van der Waals surface area contributed by atoms with Gasteiger partial charge in [-0.2, -0.15) is 5.10 Å². The molecular weight excluding hydrogens is 336 g/mol. The Balaban J connectivity index is 1.86. The summed E-state index contributed by atoms with van der Waals surface area (Å²) in [6.07, 6.45) is 3.18. The standard InChI is InChI=1S/C18H24N4O4/c1-22-12-14(10-20-22)16(23)11-19-18(26)21-15(7-8-17(24)25)9-13-5-3-2-4-6-13/h2-6,10,12,15-16,23H,7-9,11H2,1H3,(H,24,25)(H2,19,21,26). The van der Waals surface area contributed by atoms with Gasteiger partial charge in [0.1, 0.15) is 0 Å². The van der Waals surface area contributed by atoms with E-state index in [1.54, 1.807) is 17.9 Å². The molecule has 2 aromatic rings. The Morgan fingerprint density at radius 1 is 1.27 bits per heavy atom. The highest BCUT2D eigenvalue weighted by molar-refractivity contribution is 5.74. The lowest BCUT2D eigenvalue weighted by Gasteiger charge is -2.19. The van der Waals surface area contributed by atoms with E-state index >= 15 is 0 Å². The van der Waals surface area contributed by atoms with E-state index < -0.39 is 18.1 Å². The van der Waals surface area contributed by atoms with Crippen molar-refractivity contribution in [1.82, 2.24) is 20.4 Å². The van der Waals surface area contributed by atoms with Gasteiger partial charge in [-0.3, -0.25) is 9.48 Å². The molecule has 1 aromatic carbocycles. The van der Waals surface area contributed by atoms with Crippen LogP contribution in [-0.2, 0) is 18.3 Å². The van der Waals surface area contributed by atoms with E-state index in [2.05, 4.69) is 15.7 Å². The molecule has 2 unspecified atom stereocenters. The molecule has 140 valence electrons. The number of rotatable bonds is 9. The van der Waals surface area contributed by atoms with Crippen LogP contribution in [-0.4, -0.2) is 44.6 Å². The molecule has 0 fully saturated rings. The van der Waals surface area contributed by atoms with E-state index in [9.17, 15) is 14.7 Å². The third kappa shape index (κ3) is 6.56. The van der Waals surface area contributed by atoms with Gasteiger partial charge in [0.25, 0.3) is 0 Å². The van der Waals surface area contributed by atoms with Crippen LogP contribution in [0.2, 0.25) is 0 Å². The number of carbonyl (C=O) groups is 2. The zero-order valence-electron chi connectivity index (χ0n) is 14.6. The molecule has 26 heavy (non-hydrogen) atoms. The van der Waals surface area contributed by atoms with Gasteiger partial charge in [-0.1, -0.05) is 30.3 Å². The number of amides is 2. The number of carboxylic acid groups (broad SMARTS) is 1. The van der Waals surface area contributed by atoms with Crippen molar-refractivity contribution in [3.05, 3.63) is 53.9 Å². The van der Waals surface area contributed by atoms with Gasteiger partial charge >= 0.3 is 12.0 Å². The Bertz CT molecular complexity index is 717. The van der Waals surface area contributed by atoms with Crippen LogP contribution < -0.4 is 10.6 Å². The van der Waals surface area contributed by atoms with Gasteiger partial charge in [0.15, 0.2) is 0 Å². The van der Waals surface area contributed by atoms with Gasteiger partial charge in [0.05, 0.1) is 12.3 Å². The number of carbonyl (C=O) groups excluding carboxylic acids is 1. The number of aliphatic hydroxyl groups is 1. The summed E-state index contributed by atoms with van der Waals surface area (Å²) in [5.74, 6) is -0.905. The van der Waals surface area contributed by atoms with Crippen LogP contribution in [0.4, 0.5) is 4.79 Å². The first-order valence-corrected chi connectivity index (χ1v) is 8.40. The summed E-state index contributed by atoms with van der Waals surface area (Å²) in [4.78, 5) is 23.0. The molecule has 0 saturated heterocycles. The summed E-state index contributed by atoms with van der Waals surface area (Å²) >= 11 is 0. The molecule has 2 rings (SSSR count). The number of carboxylic acids is 1. The van der Waals surface area contributed by atoms with Crippen molar-refractivity contribution in [2.24, 2.45) is 7.05 Å². The number of aliphatic hydroxyl groups excluding tert-OH is 1. The first kappa shape index (κ1) is 19.5. The summed E-state index contributed by atoms with van der Waals surface area (Å²) in [6.45, 7) is 0.0362. The monoisotopic (exact) mass is 360 g/mol. The zero-order chi connectivity index (χ0) is 18.9. The summed E-state index contributed by atoms with van der Waals surface area (Å²) < 4.78 is 1.57. The minimum absolute atomic E-state index is 0.0317. The molecule has 0 aliphatic heterocycles. The molecule has 4 N–H and O–H groups in total. The number of hydrogen-bond acceptors (Lipinski definition) is 4. The van der Waals surface area contributed by atoms with Crippen LogP contribution in [0.3, 0.4) is 0 Å². The normalized spacial score (nSPS) is 13.0.